The number of aldehydes is 1. The SMILES string of the molecule is C=C(C(=O)OC)[C@H]1[C@@H](O)[C@H]2[C@@H](C=O)CC[C@@H](O)[C@]2(C)C[C@@H]1OC(=O)C(=C)[C@H](O)COC(C)=O. The van der Waals surface area contributed by atoms with Gasteiger partial charge in [-0.1, -0.05) is 20.1 Å². The molecule has 2 rings (SSSR count). The fourth-order valence-corrected chi connectivity index (χ4v) is 5.10. The van der Waals surface area contributed by atoms with Crippen molar-refractivity contribution < 1.29 is 48.7 Å². The number of carbonyl (C=O) groups excluding carboxylic acids is 4. The Labute approximate surface area is 192 Å². The third-order valence-corrected chi connectivity index (χ3v) is 6.93. The molecule has 0 radical (unpaired) electrons. The molecule has 10 nitrogen and oxygen atoms in total. The van der Waals surface area contributed by atoms with Crippen LogP contribution in [0.15, 0.2) is 24.3 Å². The number of hydrogen-bond acceptors (Lipinski definition) is 10. The number of rotatable bonds is 8. The maximum atomic E-state index is 12.7. The molecule has 0 bridgehead atoms. The van der Waals surface area contributed by atoms with Crippen molar-refractivity contribution in [3.63, 3.8) is 0 Å². The van der Waals surface area contributed by atoms with E-state index in [9.17, 15) is 34.5 Å². The first kappa shape index (κ1) is 26.7. The van der Waals surface area contributed by atoms with Gasteiger partial charge in [0.15, 0.2) is 0 Å². The lowest BCUT2D eigenvalue weighted by atomic mass is 9.51. The summed E-state index contributed by atoms with van der Waals surface area (Å²) in [6.45, 7) is 9.53. The molecule has 3 N–H and O–H groups in total. The molecule has 2 aliphatic rings. The average molecular weight is 468 g/mol. The zero-order valence-corrected chi connectivity index (χ0v) is 19.1. The van der Waals surface area contributed by atoms with E-state index in [0.29, 0.717) is 12.8 Å². The van der Waals surface area contributed by atoms with Gasteiger partial charge in [0.2, 0.25) is 0 Å². The second-order valence-corrected chi connectivity index (χ2v) is 8.95. The van der Waals surface area contributed by atoms with Crippen LogP contribution in [0.25, 0.3) is 0 Å². The summed E-state index contributed by atoms with van der Waals surface area (Å²) >= 11 is 0. The highest BCUT2D eigenvalue weighted by atomic mass is 16.6. The predicted molar refractivity (Wildman–Crippen MR) is 113 cm³/mol. The average Bonchev–Trinajstić information content (AvgIpc) is 2.77. The highest BCUT2D eigenvalue weighted by Crippen LogP contribution is 2.55. The molecule has 8 atom stereocenters. The topological polar surface area (TPSA) is 157 Å². The van der Waals surface area contributed by atoms with Gasteiger partial charge in [0.1, 0.15) is 25.1 Å². The number of aliphatic hydroxyl groups is 3. The van der Waals surface area contributed by atoms with Crippen molar-refractivity contribution in [2.75, 3.05) is 13.7 Å². The van der Waals surface area contributed by atoms with Crippen molar-refractivity contribution in [2.24, 2.45) is 23.2 Å². The minimum atomic E-state index is -1.53. The van der Waals surface area contributed by atoms with Crippen LogP contribution < -0.4 is 0 Å². The summed E-state index contributed by atoms with van der Waals surface area (Å²) in [5.41, 5.74) is -1.55. The van der Waals surface area contributed by atoms with Crippen LogP contribution in [0.5, 0.6) is 0 Å². The molecule has 0 aromatic rings. The van der Waals surface area contributed by atoms with Crippen LogP contribution in [-0.4, -0.2) is 77.6 Å². The molecule has 0 saturated heterocycles. The van der Waals surface area contributed by atoms with Crippen LogP contribution in [0.2, 0.25) is 0 Å². The van der Waals surface area contributed by atoms with Gasteiger partial charge in [0, 0.05) is 29.7 Å². The van der Waals surface area contributed by atoms with Crippen molar-refractivity contribution in [2.45, 2.75) is 57.5 Å². The lowest BCUT2D eigenvalue weighted by Crippen LogP contribution is -2.62. The molecule has 0 aromatic carbocycles. The molecule has 33 heavy (non-hydrogen) atoms. The summed E-state index contributed by atoms with van der Waals surface area (Å²) in [4.78, 5) is 47.6. The highest BCUT2D eigenvalue weighted by Gasteiger charge is 2.60. The van der Waals surface area contributed by atoms with Gasteiger partial charge in [-0.2, -0.15) is 0 Å². The van der Waals surface area contributed by atoms with Gasteiger partial charge in [-0.25, -0.2) is 9.59 Å². The van der Waals surface area contributed by atoms with Gasteiger partial charge in [-0.15, -0.1) is 0 Å². The Morgan fingerprint density at radius 1 is 1.18 bits per heavy atom. The van der Waals surface area contributed by atoms with Crippen LogP contribution in [0.4, 0.5) is 0 Å². The fraction of sp³-hybridized carbons (Fsp3) is 0.652. The molecular weight excluding hydrogens is 436 g/mol. The van der Waals surface area contributed by atoms with Gasteiger partial charge in [-0.3, -0.25) is 4.79 Å². The second-order valence-electron chi connectivity index (χ2n) is 8.95. The molecule has 0 spiro atoms. The Morgan fingerprint density at radius 2 is 1.82 bits per heavy atom. The number of hydrogen-bond donors (Lipinski definition) is 3. The lowest BCUT2D eigenvalue weighted by molar-refractivity contribution is -0.198. The van der Waals surface area contributed by atoms with E-state index >= 15 is 0 Å². The monoisotopic (exact) mass is 468 g/mol. The van der Waals surface area contributed by atoms with E-state index < -0.39 is 77.7 Å². The molecule has 0 amide bonds. The molecular formula is C23H32O10. The Hall–Kier alpha value is -2.56. The van der Waals surface area contributed by atoms with Crippen molar-refractivity contribution in [3.05, 3.63) is 24.3 Å². The quantitative estimate of drug-likeness (QED) is 0.193. The number of ether oxygens (including phenoxy) is 3. The molecule has 2 fully saturated rings. The first-order valence-electron chi connectivity index (χ1n) is 10.7. The molecule has 0 heterocycles. The van der Waals surface area contributed by atoms with Crippen LogP contribution in [0.1, 0.15) is 33.1 Å². The first-order valence-corrected chi connectivity index (χ1v) is 10.7. The van der Waals surface area contributed by atoms with Crippen molar-refractivity contribution in [1.82, 2.24) is 0 Å². The van der Waals surface area contributed by atoms with Crippen molar-refractivity contribution >= 4 is 24.2 Å². The third kappa shape index (κ3) is 5.34. The van der Waals surface area contributed by atoms with Crippen molar-refractivity contribution in [1.29, 1.82) is 0 Å². The van der Waals surface area contributed by atoms with Crippen LogP contribution in [0, 0.1) is 23.2 Å². The number of methoxy groups -OCH3 is 1. The summed E-state index contributed by atoms with van der Waals surface area (Å²) in [5.74, 6) is -4.91. The van der Waals surface area contributed by atoms with E-state index in [1.54, 1.807) is 6.92 Å². The van der Waals surface area contributed by atoms with E-state index in [2.05, 4.69) is 17.9 Å². The van der Waals surface area contributed by atoms with Crippen LogP contribution >= 0.6 is 0 Å². The summed E-state index contributed by atoms with van der Waals surface area (Å²) in [6.07, 6.45) is -3.48. The number of fused-ring (bicyclic) bond motifs is 1. The minimum absolute atomic E-state index is 0.0139. The Bertz CT molecular complexity index is 820. The van der Waals surface area contributed by atoms with Gasteiger partial charge in [0.05, 0.1) is 30.8 Å². The number of aliphatic hydroxyl groups excluding tert-OH is 3. The fourth-order valence-electron chi connectivity index (χ4n) is 5.10. The Kier molecular flexibility index (Phi) is 8.56. The van der Waals surface area contributed by atoms with Gasteiger partial charge >= 0.3 is 17.9 Å². The van der Waals surface area contributed by atoms with E-state index in [0.717, 1.165) is 20.3 Å². The van der Waals surface area contributed by atoms with Gasteiger partial charge in [0.25, 0.3) is 0 Å². The summed E-state index contributed by atoms with van der Waals surface area (Å²) < 4.78 is 14.9. The molecule has 0 unspecified atom stereocenters. The van der Waals surface area contributed by atoms with Gasteiger partial charge < -0.3 is 34.3 Å². The largest absolute Gasteiger partial charge is 0.466 e. The summed E-state index contributed by atoms with van der Waals surface area (Å²) in [6, 6.07) is 0. The molecule has 10 heteroatoms. The van der Waals surface area contributed by atoms with Crippen LogP contribution in [0.3, 0.4) is 0 Å². The normalized spacial score (nSPS) is 34.2. The van der Waals surface area contributed by atoms with E-state index in [1.807, 2.05) is 0 Å². The lowest BCUT2D eigenvalue weighted by Gasteiger charge is -2.56. The van der Waals surface area contributed by atoms with Crippen LogP contribution in [-0.2, 0) is 33.4 Å². The Morgan fingerprint density at radius 3 is 2.36 bits per heavy atom. The van der Waals surface area contributed by atoms with E-state index in [4.69, 9.17) is 9.47 Å². The first-order chi connectivity index (χ1) is 15.4. The standard InChI is InChI=1S/C23H32O10/c1-11(15(26)10-32-13(3)25)22(30)33-16-8-23(4)17(27)7-6-14(9-24)19(23)20(28)18(16)12(2)21(29)31-5/h9,14-20,26-28H,1-2,6-8,10H2,3-5H3/t14-,15-,16+,17-,18-,19-,20-,23+/m1/s1. The predicted octanol–water partition coefficient (Wildman–Crippen LogP) is 0.0807. The minimum Gasteiger partial charge on any atom is -0.466 e. The number of carbonyl (C=O) groups is 4. The zero-order valence-electron chi connectivity index (χ0n) is 19.1. The molecule has 184 valence electrons. The number of esters is 3. The zero-order chi connectivity index (χ0) is 25.1. The van der Waals surface area contributed by atoms with Gasteiger partial charge in [-0.05, 0) is 19.3 Å². The molecule has 0 aliphatic heterocycles. The third-order valence-electron chi connectivity index (χ3n) is 6.93. The molecule has 2 saturated carbocycles. The van der Waals surface area contributed by atoms with E-state index in [1.165, 1.54) is 0 Å². The summed E-state index contributed by atoms with van der Waals surface area (Å²) in [5, 5.41) is 32.1. The second kappa shape index (κ2) is 10.6. The van der Waals surface area contributed by atoms with E-state index in [-0.39, 0.29) is 12.0 Å². The summed E-state index contributed by atoms with van der Waals surface area (Å²) in [7, 11) is 1.14. The highest BCUT2D eigenvalue weighted by molar-refractivity contribution is 5.90. The maximum absolute atomic E-state index is 12.7. The smallest absolute Gasteiger partial charge is 0.336 e. The Balaban J connectivity index is 2.36. The molecule has 2 aliphatic carbocycles. The maximum Gasteiger partial charge on any atom is 0.336 e. The molecule has 0 aromatic heterocycles. The van der Waals surface area contributed by atoms with Crippen molar-refractivity contribution in [3.8, 4) is 0 Å².